The first kappa shape index (κ1) is 24.4. The van der Waals surface area contributed by atoms with Crippen molar-refractivity contribution < 1.29 is 5.11 Å². The second-order valence-corrected chi connectivity index (χ2v) is 9.75. The lowest BCUT2D eigenvalue weighted by Crippen LogP contribution is -2.42. The Kier molecular flexibility index (Phi) is 6.38. The minimum atomic E-state index is -1.14. The largest absolute Gasteiger partial charge is 0.384 e. The molecule has 1 fully saturated rings. The standard InChI is InChI=1S/C28H29N7O2/c1-5-15-34-26(36)22-16-29-27(30-21-13-11-19(12-14-21)9-10-20-17-33(4)18-20)32-25(22)35(34)24-8-6-7-23(31-24)28(2,3)37/h5-8,11-14,16,20,37H,1,15,17-18H2,2-4H3,(H,29,30,32). The number of likely N-dealkylation sites (tertiary alicyclic amines) is 1. The topological polar surface area (TPSA) is 101 Å². The monoisotopic (exact) mass is 495 g/mol. The van der Waals surface area contributed by atoms with Crippen molar-refractivity contribution in [2.75, 3.05) is 25.5 Å². The van der Waals surface area contributed by atoms with Gasteiger partial charge in [-0.05, 0) is 57.3 Å². The first-order valence-electron chi connectivity index (χ1n) is 12.1. The van der Waals surface area contributed by atoms with E-state index in [2.05, 4.69) is 50.6 Å². The number of fused-ring (bicyclic) bond motifs is 1. The van der Waals surface area contributed by atoms with Gasteiger partial charge in [0, 0.05) is 36.5 Å². The minimum absolute atomic E-state index is 0.252. The van der Waals surface area contributed by atoms with Gasteiger partial charge in [-0.1, -0.05) is 24.0 Å². The van der Waals surface area contributed by atoms with Gasteiger partial charge in [-0.15, -0.1) is 6.58 Å². The molecule has 188 valence electrons. The third kappa shape index (κ3) is 5.03. The number of rotatable bonds is 6. The number of pyridine rings is 1. The Bertz CT molecular complexity index is 1580. The van der Waals surface area contributed by atoms with Crippen LogP contribution in [-0.2, 0) is 12.1 Å². The van der Waals surface area contributed by atoms with Gasteiger partial charge in [0.2, 0.25) is 5.95 Å². The van der Waals surface area contributed by atoms with E-state index < -0.39 is 5.60 Å². The molecular formula is C28H29N7O2. The molecule has 0 unspecified atom stereocenters. The minimum Gasteiger partial charge on any atom is -0.384 e. The SMILES string of the molecule is C=CCn1c(=O)c2cnc(Nc3ccc(C#CC4CN(C)C4)cc3)nc2n1-c1cccc(C(C)(C)O)n1. The van der Waals surface area contributed by atoms with Crippen LogP contribution in [0.3, 0.4) is 0 Å². The van der Waals surface area contributed by atoms with Crippen molar-refractivity contribution >= 4 is 22.7 Å². The molecule has 5 rings (SSSR count). The lowest BCUT2D eigenvalue weighted by atomic mass is 10.0. The number of aliphatic hydroxyl groups is 1. The predicted octanol–water partition coefficient (Wildman–Crippen LogP) is 3.05. The van der Waals surface area contributed by atoms with Crippen LogP contribution in [0.2, 0.25) is 0 Å². The van der Waals surface area contributed by atoms with Gasteiger partial charge < -0.3 is 15.3 Å². The highest BCUT2D eigenvalue weighted by Gasteiger charge is 2.22. The van der Waals surface area contributed by atoms with Crippen LogP contribution < -0.4 is 10.9 Å². The van der Waals surface area contributed by atoms with E-state index in [0.717, 1.165) is 24.3 Å². The highest BCUT2D eigenvalue weighted by molar-refractivity contribution is 5.77. The van der Waals surface area contributed by atoms with Crippen LogP contribution in [0, 0.1) is 17.8 Å². The van der Waals surface area contributed by atoms with Crippen molar-refractivity contribution in [1.82, 2.24) is 29.2 Å². The molecule has 1 aliphatic rings. The van der Waals surface area contributed by atoms with E-state index in [1.54, 1.807) is 42.8 Å². The zero-order chi connectivity index (χ0) is 26.2. The Morgan fingerprint density at radius 3 is 2.62 bits per heavy atom. The summed E-state index contributed by atoms with van der Waals surface area (Å²) in [6.07, 6.45) is 3.15. The van der Waals surface area contributed by atoms with Crippen LogP contribution in [0.15, 0.2) is 66.1 Å². The summed E-state index contributed by atoms with van der Waals surface area (Å²) in [5.41, 5.74) is 1.23. The summed E-state index contributed by atoms with van der Waals surface area (Å²) in [6, 6.07) is 13.1. The van der Waals surface area contributed by atoms with Crippen LogP contribution in [0.1, 0.15) is 25.1 Å². The van der Waals surface area contributed by atoms with Crippen LogP contribution >= 0.6 is 0 Å². The second kappa shape index (κ2) is 9.65. The molecule has 0 spiro atoms. The maximum absolute atomic E-state index is 13.2. The number of nitrogens with zero attached hydrogens (tertiary/aromatic N) is 6. The van der Waals surface area contributed by atoms with Crippen molar-refractivity contribution in [2.24, 2.45) is 5.92 Å². The Morgan fingerprint density at radius 2 is 1.95 bits per heavy atom. The Balaban J connectivity index is 1.49. The Morgan fingerprint density at radius 1 is 1.19 bits per heavy atom. The van der Waals surface area contributed by atoms with Gasteiger partial charge in [0.1, 0.15) is 11.0 Å². The van der Waals surface area contributed by atoms with Gasteiger partial charge in [-0.2, -0.15) is 4.98 Å². The molecule has 9 heteroatoms. The van der Waals surface area contributed by atoms with Gasteiger partial charge in [0.05, 0.1) is 12.2 Å². The number of hydrogen-bond acceptors (Lipinski definition) is 7. The molecule has 4 aromatic rings. The lowest BCUT2D eigenvalue weighted by Gasteiger charge is -2.32. The molecule has 0 atom stereocenters. The number of aromatic nitrogens is 5. The molecule has 0 saturated carbocycles. The van der Waals surface area contributed by atoms with Crippen molar-refractivity contribution in [3.05, 3.63) is 82.9 Å². The van der Waals surface area contributed by atoms with Crippen LogP contribution in [-0.4, -0.2) is 54.5 Å². The van der Waals surface area contributed by atoms with Crippen molar-refractivity contribution in [1.29, 1.82) is 0 Å². The van der Waals surface area contributed by atoms with Crippen molar-refractivity contribution in [3.63, 3.8) is 0 Å². The van der Waals surface area contributed by atoms with E-state index in [1.165, 1.54) is 10.9 Å². The predicted molar refractivity (Wildman–Crippen MR) is 144 cm³/mol. The van der Waals surface area contributed by atoms with E-state index in [9.17, 15) is 9.90 Å². The fourth-order valence-electron chi connectivity index (χ4n) is 4.23. The molecule has 1 aliphatic heterocycles. The summed E-state index contributed by atoms with van der Waals surface area (Å²) < 4.78 is 3.14. The summed E-state index contributed by atoms with van der Waals surface area (Å²) in [4.78, 5) is 29.0. The quantitative estimate of drug-likeness (QED) is 0.313. The molecule has 0 radical (unpaired) electrons. The van der Waals surface area contributed by atoms with Gasteiger partial charge in [-0.3, -0.25) is 4.79 Å². The molecule has 1 aromatic carbocycles. The van der Waals surface area contributed by atoms with Crippen molar-refractivity contribution in [3.8, 4) is 17.7 Å². The van der Waals surface area contributed by atoms with Crippen LogP contribution in [0.4, 0.5) is 11.6 Å². The fraction of sp³-hybridized carbons (Fsp3) is 0.286. The van der Waals surface area contributed by atoms with Crippen molar-refractivity contribution in [2.45, 2.75) is 26.0 Å². The Hall–Kier alpha value is -4.26. The smallest absolute Gasteiger partial charge is 0.278 e. The third-order valence-corrected chi connectivity index (χ3v) is 6.18. The first-order valence-corrected chi connectivity index (χ1v) is 12.1. The van der Waals surface area contributed by atoms with E-state index in [1.807, 2.05) is 24.3 Å². The molecule has 2 N–H and O–H groups in total. The molecule has 37 heavy (non-hydrogen) atoms. The summed E-state index contributed by atoms with van der Waals surface area (Å²) >= 11 is 0. The van der Waals surface area contributed by atoms with Crippen LogP contribution in [0.5, 0.6) is 0 Å². The maximum Gasteiger partial charge on any atom is 0.278 e. The number of benzene rings is 1. The van der Waals surface area contributed by atoms with E-state index in [4.69, 9.17) is 0 Å². The maximum atomic E-state index is 13.2. The summed E-state index contributed by atoms with van der Waals surface area (Å²) in [5, 5.41) is 14.0. The highest BCUT2D eigenvalue weighted by Crippen LogP contribution is 2.22. The molecule has 3 aromatic heterocycles. The Labute approximate surface area is 215 Å². The molecular weight excluding hydrogens is 466 g/mol. The number of hydrogen-bond donors (Lipinski definition) is 2. The third-order valence-electron chi connectivity index (χ3n) is 6.18. The van der Waals surface area contributed by atoms with Gasteiger partial charge in [0.15, 0.2) is 11.5 Å². The molecule has 0 amide bonds. The van der Waals surface area contributed by atoms with Gasteiger partial charge in [0.25, 0.3) is 5.56 Å². The lowest BCUT2D eigenvalue weighted by molar-refractivity contribution is 0.0738. The first-order chi connectivity index (χ1) is 17.7. The average molecular weight is 496 g/mol. The van der Waals surface area contributed by atoms with Gasteiger partial charge in [-0.25, -0.2) is 19.3 Å². The fourth-order valence-corrected chi connectivity index (χ4v) is 4.23. The molecule has 0 aliphatic carbocycles. The molecule has 1 saturated heterocycles. The number of nitrogens with one attached hydrogen (secondary N) is 1. The molecule has 9 nitrogen and oxygen atoms in total. The normalized spacial score (nSPS) is 14.2. The summed E-state index contributed by atoms with van der Waals surface area (Å²) in [7, 11) is 2.09. The number of allylic oxidation sites excluding steroid dienone is 1. The molecule has 0 bridgehead atoms. The highest BCUT2D eigenvalue weighted by atomic mass is 16.3. The van der Waals surface area contributed by atoms with E-state index >= 15 is 0 Å². The zero-order valence-corrected chi connectivity index (χ0v) is 21.1. The number of anilines is 2. The summed E-state index contributed by atoms with van der Waals surface area (Å²) in [5.74, 6) is 7.78. The van der Waals surface area contributed by atoms with E-state index in [0.29, 0.717) is 34.4 Å². The average Bonchev–Trinajstić information content (AvgIpc) is 3.12. The summed E-state index contributed by atoms with van der Waals surface area (Å²) in [6.45, 7) is 9.40. The van der Waals surface area contributed by atoms with Crippen LogP contribution in [0.25, 0.3) is 16.9 Å². The molecule has 4 heterocycles. The van der Waals surface area contributed by atoms with Gasteiger partial charge >= 0.3 is 0 Å². The van der Waals surface area contributed by atoms with E-state index in [-0.39, 0.29) is 12.1 Å². The zero-order valence-electron chi connectivity index (χ0n) is 21.1. The second-order valence-electron chi connectivity index (χ2n) is 9.75.